The summed E-state index contributed by atoms with van der Waals surface area (Å²) in [5, 5.41) is 20.0. The summed E-state index contributed by atoms with van der Waals surface area (Å²) in [6.07, 6.45) is -0.283. The molecule has 2 rings (SSSR count). The van der Waals surface area contributed by atoms with Crippen LogP contribution in [0, 0.1) is 10.1 Å². The number of likely N-dealkylation sites (tertiary alicyclic amines) is 1. The molecule has 0 aromatic heterocycles. The van der Waals surface area contributed by atoms with E-state index in [4.69, 9.17) is 5.11 Å². The lowest BCUT2D eigenvalue weighted by Gasteiger charge is -2.35. The Bertz CT molecular complexity index is 419. The van der Waals surface area contributed by atoms with E-state index in [0.717, 1.165) is 0 Å². The predicted octanol–water partition coefficient (Wildman–Crippen LogP) is 1.53. The first-order valence-electron chi connectivity index (χ1n) is 4.89. The molecular weight excluding hydrogens is 276 g/mol. The van der Waals surface area contributed by atoms with E-state index in [1.165, 1.54) is 6.07 Å². The van der Waals surface area contributed by atoms with E-state index >= 15 is 0 Å². The first-order valence-corrected chi connectivity index (χ1v) is 5.69. The molecule has 1 fully saturated rings. The maximum absolute atomic E-state index is 10.8. The molecule has 1 heterocycles. The molecule has 0 spiro atoms. The van der Waals surface area contributed by atoms with Crippen LogP contribution in [0.3, 0.4) is 0 Å². The molecule has 0 bridgehead atoms. The fourth-order valence-corrected chi connectivity index (χ4v) is 2.10. The second-order valence-corrected chi connectivity index (χ2v) is 4.79. The third-order valence-electron chi connectivity index (χ3n) is 2.58. The topological polar surface area (TPSA) is 66.6 Å². The van der Waals surface area contributed by atoms with E-state index in [2.05, 4.69) is 15.9 Å². The summed E-state index contributed by atoms with van der Waals surface area (Å²) in [5.74, 6) is 0. The fourth-order valence-electron chi connectivity index (χ4n) is 1.75. The van der Waals surface area contributed by atoms with Crippen molar-refractivity contribution in [3.8, 4) is 0 Å². The molecular formula is C10H11BrN2O3. The Hall–Kier alpha value is -0.980. The van der Waals surface area contributed by atoms with Gasteiger partial charge in [-0.15, -0.1) is 0 Å². The zero-order valence-corrected chi connectivity index (χ0v) is 10.1. The predicted molar refractivity (Wildman–Crippen MR) is 62.1 cm³/mol. The Morgan fingerprint density at radius 1 is 1.56 bits per heavy atom. The summed E-state index contributed by atoms with van der Waals surface area (Å²) in [6.45, 7) is 1.70. The van der Waals surface area contributed by atoms with E-state index in [9.17, 15) is 10.1 Å². The van der Waals surface area contributed by atoms with Crippen molar-refractivity contribution in [2.75, 3.05) is 13.1 Å². The first kappa shape index (κ1) is 11.5. The SMILES string of the molecule is O=[N+]([O-])c1cc(Br)ccc1CN1CC(O)C1. The van der Waals surface area contributed by atoms with Crippen LogP contribution < -0.4 is 0 Å². The minimum Gasteiger partial charge on any atom is -0.390 e. The largest absolute Gasteiger partial charge is 0.390 e. The monoisotopic (exact) mass is 286 g/mol. The van der Waals surface area contributed by atoms with Gasteiger partial charge in [0, 0.05) is 35.7 Å². The number of benzene rings is 1. The van der Waals surface area contributed by atoms with E-state index in [1.54, 1.807) is 12.1 Å². The van der Waals surface area contributed by atoms with Crippen LogP contribution >= 0.6 is 15.9 Å². The van der Waals surface area contributed by atoms with Gasteiger partial charge < -0.3 is 5.11 Å². The van der Waals surface area contributed by atoms with Gasteiger partial charge in [-0.3, -0.25) is 15.0 Å². The number of hydrogen-bond acceptors (Lipinski definition) is 4. The molecule has 0 unspecified atom stereocenters. The van der Waals surface area contributed by atoms with Crippen LogP contribution in [0.2, 0.25) is 0 Å². The third-order valence-corrected chi connectivity index (χ3v) is 3.07. The minimum absolute atomic E-state index is 0.121. The van der Waals surface area contributed by atoms with Crippen LogP contribution in [0.15, 0.2) is 22.7 Å². The number of nitrogens with zero attached hydrogens (tertiary/aromatic N) is 2. The van der Waals surface area contributed by atoms with Gasteiger partial charge in [0.1, 0.15) is 0 Å². The Morgan fingerprint density at radius 2 is 2.25 bits per heavy atom. The molecule has 0 aliphatic carbocycles. The van der Waals surface area contributed by atoms with Gasteiger partial charge in [0.15, 0.2) is 0 Å². The zero-order valence-electron chi connectivity index (χ0n) is 8.47. The molecule has 86 valence electrons. The summed E-state index contributed by atoms with van der Waals surface area (Å²) in [6, 6.07) is 5.04. The van der Waals surface area contributed by atoms with Crippen LogP contribution in [-0.2, 0) is 6.54 Å². The zero-order chi connectivity index (χ0) is 11.7. The molecule has 0 radical (unpaired) electrons. The van der Waals surface area contributed by atoms with Gasteiger partial charge in [-0.2, -0.15) is 0 Å². The number of β-amino-alcohol motifs (C(OH)–C–C–N with tert-alkyl or cyclic N) is 1. The van der Waals surface area contributed by atoms with Gasteiger partial charge >= 0.3 is 0 Å². The lowest BCUT2D eigenvalue weighted by atomic mass is 10.1. The molecule has 16 heavy (non-hydrogen) atoms. The molecule has 0 saturated carbocycles. The highest BCUT2D eigenvalue weighted by atomic mass is 79.9. The molecule has 1 N–H and O–H groups in total. The van der Waals surface area contributed by atoms with Crippen molar-refractivity contribution in [2.45, 2.75) is 12.6 Å². The number of nitro groups is 1. The van der Waals surface area contributed by atoms with Gasteiger partial charge in [-0.25, -0.2) is 0 Å². The maximum atomic E-state index is 10.8. The maximum Gasteiger partial charge on any atom is 0.275 e. The molecule has 1 aromatic carbocycles. The summed E-state index contributed by atoms with van der Waals surface area (Å²) < 4.78 is 0.701. The highest BCUT2D eigenvalue weighted by Crippen LogP contribution is 2.26. The molecule has 0 atom stereocenters. The number of nitro benzene ring substituents is 1. The molecule has 1 aliphatic heterocycles. The standard InChI is InChI=1S/C10H11BrN2O3/c11-8-2-1-7(10(3-8)13(15)16)4-12-5-9(14)6-12/h1-3,9,14H,4-6H2. The Balaban J connectivity index is 2.16. The molecule has 1 saturated heterocycles. The third kappa shape index (κ3) is 2.40. The van der Waals surface area contributed by atoms with Gasteiger partial charge in [-0.05, 0) is 12.1 Å². The van der Waals surface area contributed by atoms with Crippen LogP contribution in [0.1, 0.15) is 5.56 Å². The normalized spacial score (nSPS) is 17.1. The number of hydrogen-bond donors (Lipinski definition) is 1. The van der Waals surface area contributed by atoms with Crippen molar-refractivity contribution < 1.29 is 10.0 Å². The van der Waals surface area contributed by atoms with Crippen molar-refractivity contribution >= 4 is 21.6 Å². The van der Waals surface area contributed by atoms with Crippen molar-refractivity contribution in [3.05, 3.63) is 38.3 Å². The quantitative estimate of drug-likeness (QED) is 0.676. The smallest absolute Gasteiger partial charge is 0.275 e. The van der Waals surface area contributed by atoms with E-state index < -0.39 is 0 Å². The molecule has 5 nitrogen and oxygen atoms in total. The average molecular weight is 287 g/mol. The van der Waals surface area contributed by atoms with Crippen molar-refractivity contribution in [1.82, 2.24) is 4.90 Å². The highest BCUT2D eigenvalue weighted by molar-refractivity contribution is 9.10. The van der Waals surface area contributed by atoms with Gasteiger partial charge in [-0.1, -0.05) is 15.9 Å². The summed E-state index contributed by atoms with van der Waals surface area (Å²) in [4.78, 5) is 12.4. The number of halogens is 1. The number of aliphatic hydroxyl groups is 1. The van der Waals surface area contributed by atoms with Gasteiger partial charge in [0.2, 0.25) is 0 Å². The van der Waals surface area contributed by atoms with E-state index in [1.807, 2.05) is 4.90 Å². The van der Waals surface area contributed by atoms with Gasteiger partial charge in [0.25, 0.3) is 5.69 Å². The highest BCUT2D eigenvalue weighted by Gasteiger charge is 2.26. The summed E-state index contributed by atoms with van der Waals surface area (Å²) in [5.41, 5.74) is 0.802. The Kier molecular flexibility index (Phi) is 3.22. The van der Waals surface area contributed by atoms with Crippen LogP contribution in [0.4, 0.5) is 5.69 Å². The summed E-state index contributed by atoms with van der Waals surface area (Å²) in [7, 11) is 0. The van der Waals surface area contributed by atoms with Gasteiger partial charge in [0.05, 0.1) is 11.0 Å². The number of rotatable bonds is 3. The van der Waals surface area contributed by atoms with Crippen molar-refractivity contribution in [2.24, 2.45) is 0 Å². The van der Waals surface area contributed by atoms with E-state index in [-0.39, 0.29) is 16.7 Å². The molecule has 1 aliphatic rings. The first-order chi connectivity index (χ1) is 7.56. The Morgan fingerprint density at radius 3 is 2.81 bits per heavy atom. The van der Waals surface area contributed by atoms with Crippen LogP contribution in [-0.4, -0.2) is 34.1 Å². The second kappa shape index (κ2) is 4.48. The average Bonchev–Trinajstić information content (AvgIpc) is 2.17. The van der Waals surface area contributed by atoms with Crippen molar-refractivity contribution in [3.63, 3.8) is 0 Å². The second-order valence-electron chi connectivity index (χ2n) is 3.88. The lowest BCUT2D eigenvalue weighted by Crippen LogP contribution is -2.49. The minimum atomic E-state index is -0.379. The van der Waals surface area contributed by atoms with Crippen LogP contribution in [0.25, 0.3) is 0 Å². The van der Waals surface area contributed by atoms with Crippen LogP contribution in [0.5, 0.6) is 0 Å². The van der Waals surface area contributed by atoms with Crippen molar-refractivity contribution in [1.29, 1.82) is 0 Å². The lowest BCUT2D eigenvalue weighted by molar-refractivity contribution is -0.385. The molecule has 1 aromatic rings. The summed E-state index contributed by atoms with van der Waals surface area (Å²) >= 11 is 3.21. The number of aliphatic hydroxyl groups excluding tert-OH is 1. The molecule has 0 amide bonds. The fraction of sp³-hybridized carbons (Fsp3) is 0.400. The van der Waals surface area contributed by atoms with E-state index in [0.29, 0.717) is 29.7 Å². The molecule has 6 heteroatoms. The Labute approximate surface area is 101 Å².